The van der Waals surface area contributed by atoms with Crippen LogP contribution in [0.4, 0.5) is 0 Å². The second-order valence-corrected chi connectivity index (χ2v) is 11.2. The zero-order valence-electron chi connectivity index (χ0n) is 14.6. The molecule has 4 heteroatoms. The Morgan fingerprint density at radius 2 is 1.79 bits per heavy atom. The van der Waals surface area contributed by atoms with Crippen molar-refractivity contribution in [2.75, 3.05) is 7.11 Å². The van der Waals surface area contributed by atoms with Crippen LogP contribution in [0.5, 0.6) is 5.75 Å². The summed E-state index contributed by atoms with van der Waals surface area (Å²) >= 11 is 0. The fourth-order valence-corrected chi connectivity index (χ4v) is 2.51. The molecule has 0 aliphatic carbocycles. The molecule has 2 aromatic carbocycles. The lowest BCUT2D eigenvalue weighted by Gasteiger charge is -2.11. The molecule has 0 radical (unpaired) electrons. The summed E-state index contributed by atoms with van der Waals surface area (Å²) in [6.07, 6.45) is 0. The van der Waals surface area contributed by atoms with Gasteiger partial charge in [0.15, 0.2) is 0 Å². The summed E-state index contributed by atoms with van der Waals surface area (Å²) in [6, 6.07) is 15.2. The Balaban J connectivity index is 2.29. The number of carbonyl (C=O) groups is 1. The molecule has 2 rings (SSSR count). The number of ether oxygens (including phenoxy) is 2. The molecule has 124 valence electrons. The van der Waals surface area contributed by atoms with E-state index in [-0.39, 0.29) is 0 Å². The Hall–Kier alpha value is -2.51. The van der Waals surface area contributed by atoms with E-state index in [1.54, 1.807) is 6.07 Å². The number of methoxy groups -OCH3 is 1. The zero-order chi connectivity index (χ0) is 17.6. The van der Waals surface area contributed by atoms with Gasteiger partial charge in [-0.2, -0.15) is 0 Å². The molecule has 0 saturated heterocycles. The van der Waals surface area contributed by atoms with E-state index in [0.717, 1.165) is 11.1 Å². The van der Waals surface area contributed by atoms with E-state index >= 15 is 0 Å². The molecule has 0 aromatic heterocycles. The Labute approximate surface area is 144 Å². The van der Waals surface area contributed by atoms with Gasteiger partial charge in [0.1, 0.15) is 26.0 Å². The van der Waals surface area contributed by atoms with Gasteiger partial charge in [-0.1, -0.05) is 55.9 Å². The first-order valence-electron chi connectivity index (χ1n) is 7.81. The summed E-state index contributed by atoms with van der Waals surface area (Å²) in [5.74, 6) is 3.27. The van der Waals surface area contributed by atoms with Crippen molar-refractivity contribution < 1.29 is 14.3 Å². The van der Waals surface area contributed by atoms with E-state index in [1.165, 1.54) is 7.11 Å². The quantitative estimate of drug-likeness (QED) is 0.474. The van der Waals surface area contributed by atoms with Gasteiger partial charge in [0.05, 0.1) is 7.11 Å². The van der Waals surface area contributed by atoms with Crippen LogP contribution in [0.1, 0.15) is 21.5 Å². The molecule has 0 aliphatic heterocycles. The van der Waals surface area contributed by atoms with Crippen molar-refractivity contribution in [3.05, 3.63) is 65.2 Å². The molecule has 2 aromatic rings. The van der Waals surface area contributed by atoms with Crippen LogP contribution in [-0.2, 0) is 11.3 Å². The third-order valence-electron chi connectivity index (χ3n) is 3.21. The Bertz CT molecular complexity index is 765. The van der Waals surface area contributed by atoms with Crippen LogP contribution in [0.15, 0.2) is 48.5 Å². The maximum Gasteiger partial charge on any atom is 0.341 e. The predicted octanol–water partition coefficient (Wildman–Crippen LogP) is 4.28. The standard InChI is InChI=1S/C20H22O3Si/c1-22-20(21)18-11-10-16(12-13-24(2,3)4)14-19(18)23-15-17-8-6-5-7-9-17/h5-11,14H,15H2,1-4H3. The number of hydrogen-bond acceptors (Lipinski definition) is 3. The number of esters is 1. The molecule has 0 aliphatic rings. The fourth-order valence-electron chi connectivity index (χ4n) is 1.99. The van der Waals surface area contributed by atoms with Gasteiger partial charge >= 0.3 is 5.97 Å². The van der Waals surface area contributed by atoms with Crippen LogP contribution in [-0.4, -0.2) is 21.2 Å². The summed E-state index contributed by atoms with van der Waals surface area (Å²) in [5, 5.41) is 0. The molecule has 0 heterocycles. The number of carbonyl (C=O) groups excluding carboxylic acids is 1. The molecule has 24 heavy (non-hydrogen) atoms. The topological polar surface area (TPSA) is 35.5 Å². The Morgan fingerprint density at radius 3 is 2.42 bits per heavy atom. The third-order valence-corrected chi connectivity index (χ3v) is 4.08. The maximum absolute atomic E-state index is 11.9. The SMILES string of the molecule is COC(=O)c1ccc(C#C[Si](C)(C)C)cc1OCc1ccccc1. The highest BCUT2D eigenvalue weighted by molar-refractivity contribution is 6.83. The molecular formula is C20H22O3Si. The fraction of sp³-hybridized carbons (Fsp3) is 0.250. The maximum atomic E-state index is 11.9. The third kappa shape index (κ3) is 5.29. The Kier molecular flexibility index (Phi) is 5.83. The number of hydrogen-bond donors (Lipinski definition) is 0. The van der Waals surface area contributed by atoms with Gasteiger partial charge in [-0.05, 0) is 23.8 Å². The van der Waals surface area contributed by atoms with Gasteiger partial charge in [-0.15, -0.1) is 5.54 Å². The van der Waals surface area contributed by atoms with Crippen LogP contribution < -0.4 is 4.74 Å². The minimum absolute atomic E-state index is 0.385. The summed E-state index contributed by atoms with van der Waals surface area (Å²) in [4.78, 5) is 11.9. The molecule has 0 bridgehead atoms. The first-order chi connectivity index (χ1) is 11.4. The van der Waals surface area contributed by atoms with Crippen molar-refractivity contribution >= 4 is 14.0 Å². The van der Waals surface area contributed by atoms with E-state index in [2.05, 4.69) is 31.1 Å². The number of benzene rings is 2. The van der Waals surface area contributed by atoms with Gasteiger partial charge in [-0.25, -0.2) is 4.79 Å². The highest BCUT2D eigenvalue weighted by Gasteiger charge is 2.14. The van der Waals surface area contributed by atoms with E-state index in [0.29, 0.717) is 17.9 Å². The summed E-state index contributed by atoms with van der Waals surface area (Å²) in [5.41, 5.74) is 5.60. The molecule has 0 unspecified atom stereocenters. The van der Waals surface area contributed by atoms with E-state index in [1.807, 2.05) is 42.5 Å². The van der Waals surface area contributed by atoms with Crippen molar-refractivity contribution in [3.63, 3.8) is 0 Å². The highest BCUT2D eigenvalue weighted by atomic mass is 28.3. The van der Waals surface area contributed by atoms with Crippen LogP contribution >= 0.6 is 0 Å². The van der Waals surface area contributed by atoms with Crippen LogP contribution in [0, 0.1) is 11.5 Å². The first-order valence-corrected chi connectivity index (χ1v) is 11.3. The normalized spacial score (nSPS) is 10.5. The summed E-state index contributed by atoms with van der Waals surface area (Å²) in [7, 11) is -0.101. The average Bonchev–Trinajstić information content (AvgIpc) is 2.58. The lowest BCUT2D eigenvalue weighted by atomic mass is 10.1. The second-order valence-electron chi connectivity index (χ2n) is 6.48. The largest absolute Gasteiger partial charge is 0.488 e. The first kappa shape index (κ1) is 17.8. The molecule has 0 saturated carbocycles. The molecule has 0 atom stereocenters. The second kappa shape index (κ2) is 7.85. The van der Waals surface area contributed by atoms with E-state index < -0.39 is 14.0 Å². The minimum atomic E-state index is -1.46. The van der Waals surface area contributed by atoms with Crippen molar-refractivity contribution in [2.45, 2.75) is 26.2 Å². The molecule has 0 N–H and O–H groups in total. The van der Waals surface area contributed by atoms with Gasteiger partial charge < -0.3 is 9.47 Å². The molecule has 3 nitrogen and oxygen atoms in total. The highest BCUT2D eigenvalue weighted by Crippen LogP contribution is 2.22. The van der Waals surface area contributed by atoms with Crippen molar-refractivity contribution in [1.29, 1.82) is 0 Å². The Morgan fingerprint density at radius 1 is 1.08 bits per heavy atom. The summed E-state index contributed by atoms with van der Waals surface area (Å²) < 4.78 is 10.7. The average molecular weight is 338 g/mol. The monoisotopic (exact) mass is 338 g/mol. The lowest BCUT2D eigenvalue weighted by molar-refractivity contribution is 0.0595. The van der Waals surface area contributed by atoms with Gasteiger partial charge in [-0.3, -0.25) is 0 Å². The molecule has 0 amide bonds. The van der Waals surface area contributed by atoms with Crippen molar-refractivity contribution in [1.82, 2.24) is 0 Å². The number of rotatable bonds is 4. The van der Waals surface area contributed by atoms with Gasteiger partial charge in [0.25, 0.3) is 0 Å². The lowest BCUT2D eigenvalue weighted by Crippen LogP contribution is -2.16. The van der Waals surface area contributed by atoms with Crippen molar-refractivity contribution in [3.8, 4) is 17.2 Å². The van der Waals surface area contributed by atoms with Gasteiger partial charge in [0, 0.05) is 5.56 Å². The van der Waals surface area contributed by atoms with Crippen LogP contribution in [0.2, 0.25) is 19.6 Å². The van der Waals surface area contributed by atoms with Crippen molar-refractivity contribution in [2.24, 2.45) is 0 Å². The van der Waals surface area contributed by atoms with Crippen LogP contribution in [0.25, 0.3) is 0 Å². The van der Waals surface area contributed by atoms with Crippen LogP contribution in [0.3, 0.4) is 0 Å². The molecule has 0 spiro atoms. The predicted molar refractivity (Wildman–Crippen MR) is 98.8 cm³/mol. The summed E-state index contributed by atoms with van der Waals surface area (Å²) in [6.45, 7) is 6.95. The van der Waals surface area contributed by atoms with Gasteiger partial charge in [0.2, 0.25) is 0 Å². The molecular weight excluding hydrogens is 316 g/mol. The smallest absolute Gasteiger partial charge is 0.341 e. The molecule has 0 fully saturated rings. The van der Waals surface area contributed by atoms with E-state index in [4.69, 9.17) is 9.47 Å². The minimum Gasteiger partial charge on any atom is -0.488 e. The van der Waals surface area contributed by atoms with E-state index in [9.17, 15) is 4.79 Å². The zero-order valence-corrected chi connectivity index (χ0v) is 15.6.